The number of hydrogen-bond acceptors (Lipinski definition) is 7. The van der Waals surface area contributed by atoms with E-state index in [2.05, 4.69) is 20.9 Å². The largest absolute Gasteiger partial charge is 0.506 e. The number of halogens is 1. The predicted octanol–water partition coefficient (Wildman–Crippen LogP) is 7.13. The van der Waals surface area contributed by atoms with Gasteiger partial charge >= 0.3 is 5.97 Å². The van der Waals surface area contributed by atoms with Gasteiger partial charge in [0.25, 0.3) is 5.91 Å². The quantitative estimate of drug-likeness (QED) is 0.258. The number of benzene rings is 3. The Balaban J connectivity index is 1.62. The molecular weight excluding hydrogens is 582 g/mol. The summed E-state index contributed by atoms with van der Waals surface area (Å²) in [6, 6.07) is 21.7. The molecule has 0 aromatic heterocycles. The molecule has 0 unspecified atom stereocenters. The molecule has 0 bridgehead atoms. The second kappa shape index (κ2) is 13.3. The highest BCUT2D eigenvalue weighted by Crippen LogP contribution is 2.40. The molecule has 0 aliphatic carbocycles. The summed E-state index contributed by atoms with van der Waals surface area (Å²) >= 11 is 4.45. The first-order chi connectivity index (χ1) is 18.9. The van der Waals surface area contributed by atoms with Crippen molar-refractivity contribution in [2.75, 3.05) is 13.2 Å². The number of hydrogen-bond donors (Lipinski definition) is 1. The highest BCUT2D eigenvalue weighted by atomic mass is 79.9. The van der Waals surface area contributed by atoms with E-state index in [0.29, 0.717) is 40.7 Å². The fourth-order valence-corrected chi connectivity index (χ4v) is 4.90. The maximum atomic E-state index is 12.7. The first kappa shape index (κ1) is 28.2. The number of aliphatic hydroxyl groups is 1. The number of ether oxygens (including phenoxy) is 3. The van der Waals surface area contributed by atoms with Gasteiger partial charge in [-0.2, -0.15) is 0 Å². The molecule has 7 nitrogen and oxygen atoms in total. The number of carbonyl (C=O) groups excluding carboxylic acids is 2. The fraction of sp³-hybridized carbons (Fsp3) is 0.167. The summed E-state index contributed by atoms with van der Waals surface area (Å²) in [5.41, 5.74) is 1.93. The van der Waals surface area contributed by atoms with E-state index in [4.69, 9.17) is 14.2 Å². The summed E-state index contributed by atoms with van der Waals surface area (Å²) in [5.74, 6) is -0.471. The lowest BCUT2D eigenvalue weighted by molar-refractivity contribution is -0.138. The van der Waals surface area contributed by atoms with Crippen LogP contribution in [0.2, 0.25) is 0 Å². The number of aliphatic imine (C=N–C) groups is 1. The Kier molecular flexibility index (Phi) is 9.62. The summed E-state index contributed by atoms with van der Waals surface area (Å²) in [4.78, 5) is 29.9. The van der Waals surface area contributed by atoms with Gasteiger partial charge in [-0.3, -0.25) is 4.79 Å². The minimum atomic E-state index is -0.753. The van der Waals surface area contributed by atoms with Crippen molar-refractivity contribution in [1.82, 2.24) is 0 Å². The van der Waals surface area contributed by atoms with Crippen molar-refractivity contribution in [2.45, 2.75) is 20.5 Å². The monoisotopic (exact) mass is 607 g/mol. The summed E-state index contributed by atoms with van der Waals surface area (Å²) in [6.07, 6.45) is 1.69. The molecule has 1 heterocycles. The zero-order valence-electron chi connectivity index (χ0n) is 21.3. The topological polar surface area (TPSA) is 94.4 Å². The first-order valence-electron chi connectivity index (χ1n) is 12.2. The predicted molar refractivity (Wildman–Crippen MR) is 156 cm³/mol. The Morgan fingerprint density at radius 2 is 1.69 bits per heavy atom. The average Bonchev–Trinajstić information content (AvgIpc) is 3.24. The van der Waals surface area contributed by atoms with Gasteiger partial charge < -0.3 is 19.3 Å². The molecule has 0 radical (unpaired) electrons. The lowest BCUT2D eigenvalue weighted by Crippen LogP contribution is -2.14. The normalized spacial score (nSPS) is 15.1. The van der Waals surface area contributed by atoms with Gasteiger partial charge in [0, 0.05) is 10.0 Å². The minimum Gasteiger partial charge on any atom is -0.506 e. The fourth-order valence-electron chi connectivity index (χ4n) is 3.62. The second-order valence-electron chi connectivity index (χ2n) is 8.20. The van der Waals surface area contributed by atoms with E-state index >= 15 is 0 Å². The molecule has 39 heavy (non-hydrogen) atoms. The maximum Gasteiger partial charge on any atom is 0.344 e. The second-order valence-corrected chi connectivity index (χ2v) is 10.1. The molecule has 1 aliphatic rings. The van der Waals surface area contributed by atoms with Crippen LogP contribution in [0.25, 0.3) is 6.08 Å². The first-order valence-corrected chi connectivity index (χ1v) is 13.8. The van der Waals surface area contributed by atoms with Crippen LogP contribution in [-0.2, 0) is 16.1 Å². The van der Waals surface area contributed by atoms with Crippen LogP contribution in [0.4, 0.5) is 0 Å². The molecule has 3 aromatic carbocycles. The SMILES string of the molecule is CCOC(=O)C1=C(O)/C(=C/c2ccc(OCc3ccc(Br)cc3)c(OCC)c2)SC1=NC(=O)c1ccccc1. The number of amides is 1. The van der Waals surface area contributed by atoms with Crippen LogP contribution < -0.4 is 9.47 Å². The third-order valence-corrected chi connectivity index (χ3v) is 7.02. The van der Waals surface area contributed by atoms with E-state index < -0.39 is 11.9 Å². The number of thioether (sulfide) groups is 1. The summed E-state index contributed by atoms with van der Waals surface area (Å²) < 4.78 is 17.9. The van der Waals surface area contributed by atoms with E-state index in [1.807, 2.05) is 37.3 Å². The van der Waals surface area contributed by atoms with E-state index in [9.17, 15) is 14.7 Å². The zero-order chi connectivity index (χ0) is 27.8. The van der Waals surface area contributed by atoms with Gasteiger partial charge in [0.15, 0.2) is 11.5 Å². The van der Waals surface area contributed by atoms with E-state index in [1.54, 1.807) is 55.5 Å². The molecule has 1 aliphatic heterocycles. The van der Waals surface area contributed by atoms with Crippen molar-refractivity contribution in [1.29, 1.82) is 0 Å². The third-order valence-electron chi connectivity index (χ3n) is 5.47. The highest BCUT2D eigenvalue weighted by Gasteiger charge is 2.34. The van der Waals surface area contributed by atoms with Crippen LogP contribution >= 0.6 is 27.7 Å². The molecule has 0 atom stereocenters. The van der Waals surface area contributed by atoms with Gasteiger partial charge in [0.05, 0.1) is 18.1 Å². The van der Waals surface area contributed by atoms with Gasteiger partial charge in [0.2, 0.25) is 0 Å². The Hall–Kier alpha value is -3.82. The molecule has 0 spiro atoms. The molecule has 0 fully saturated rings. The summed E-state index contributed by atoms with van der Waals surface area (Å²) in [7, 11) is 0. The Morgan fingerprint density at radius 1 is 0.949 bits per heavy atom. The van der Waals surface area contributed by atoms with Crippen LogP contribution in [0.5, 0.6) is 11.5 Å². The highest BCUT2D eigenvalue weighted by molar-refractivity contribution is 9.10. The van der Waals surface area contributed by atoms with Crippen molar-refractivity contribution in [3.63, 3.8) is 0 Å². The Bertz CT molecular complexity index is 1450. The van der Waals surface area contributed by atoms with Gasteiger partial charge in [0.1, 0.15) is 23.0 Å². The van der Waals surface area contributed by atoms with Crippen molar-refractivity contribution >= 4 is 50.7 Å². The Labute approximate surface area is 239 Å². The zero-order valence-corrected chi connectivity index (χ0v) is 23.8. The van der Waals surface area contributed by atoms with Crippen molar-refractivity contribution in [3.05, 3.63) is 110 Å². The average molecular weight is 609 g/mol. The molecule has 0 saturated heterocycles. The van der Waals surface area contributed by atoms with Crippen molar-refractivity contribution in [2.24, 2.45) is 4.99 Å². The van der Waals surface area contributed by atoms with E-state index in [-0.39, 0.29) is 23.0 Å². The number of carbonyl (C=O) groups is 2. The third kappa shape index (κ3) is 7.19. The van der Waals surface area contributed by atoms with Crippen molar-refractivity contribution < 1.29 is 28.9 Å². The van der Waals surface area contributed by atoms with Crippen LogP contribution in [-0.4, -0.2) is 35.2 Å². The van der Waals surface area contributed by atoms with Gasteiger partial charge in [-0.1, -0.05) is 64.1 Å². The van der Waals surface area contributed by atoms with Crippen molar-refractivity contribution in [3.8, 4) is 11.5 Å². The number of esters is 1. The van der Waals surface area contributed by atoms with Gasteiger partial charge in [-0.15, -0.1) is 0 Å². The number of rotatable bonds is 9. The lowest BCUT2D eigenvalue weighted by Gasteiger charge is -2.13. The molecule has 9 heteroatoms. The minimum absolute atomic E-state index is 0.0746. The molecule has 1 amide bonds. The Morgan fingerprint density at radius 3 is 2.38 bits per heavy atom. The smallest absolute Gasteiger partial charge is 0.344 e. The van der Waals surface area contributed by atoms with Gasteiger partial charge in [-0.05, 0) is 67.4 Å². The molecular formula is C30H26BrNO6S. The van der Waals surface area contributed by atoms with Crippen LogP contribution in [0, 0.1) is 0 Å². The standard InChI is InChI=1S/C30H26BrNO6S/c1-3-36-24-16-20(12-15-23(24)38-18-19-10-13-22(31)14-11-19)17-25-27(33)26(30(35)37-4-2)29(39-25)32-28(34)21-8-6-5-7-9-21/h5-17,33H,3-4,18H2,1-2H3/b25-17-,32-29?. The molecule has 4 rings (SSSR count). The molecule has 3 aromatic rings. The van der Waals surface area contributed by atoms with Crippen LogP contribution in [0.1, 0.15) is 35.3 Å². The molecule has 0 saturated carbocycles. The summed E-state index contributed by atoms with van der Waals surface area (Å²) in [5, 5.41) is 11.0. The molecule has 200 valence electrons. The van der Waals surface area contributed by atoms with E-state index in [0.717, 1.165) is 21.8 Å². The maximum absolute atomic E-state index is 12.7. The van der Waals surface area contributed by atoms with Crippen LogP contribution in [0.3, 0.4) is 0 Å². The van der Waals surface area contributed by atoms with E-state index in [1.165, 1.54) is 0 Å². The lowest BCUT2D eigenvalue weighted by atomic mass is 10.1. The molecule has 1 N–H and O–H groups in total. The van der Waals surface area contributed by atoms with Crippen LogP contribution in [0.15, 0.2) is 98.5 Å². The number of nitrogens with zero attached hydrogens (tertiary/aromatic N) is 1. The van der Waals surface area contributed by atoms with Gasteiger partial charge in [-0.25, -0.2) is 9.79 Å². The number of aliphatic hydroxyl groups excluding tert-OH is 1. The summed E-state index contributed by atoms with van der Waals surface area (Å²) in [6.45, 7) is 4.45.